The van der Waals surface area contributed by atoms with Gasteiger partial charge in [-0.05, 0) is 48.9 Å². The summed E-state index contributed by atoms with van der Waals surface area (Å²) in [6, 6.07) is 15.7. The summed E-state index contributed by atoms with van der Waals surface area (Å²) in [5.41, 5.74) is 2.89. The zero-order valence-electron chi connectivity index (χ0n) is 21.6. The summed E-state index contributed by atoms with van der Waals surface area (Å²) in [5.74, 6) is -0.596. The smallest absolute Gasteiger partial charge is 0.243 e. The van der Waals surface area contributed by atoms with E-state index >= 15 is 0 Å². The lowest BCUT2D eigenvalue weighted by Crippen LogP contribution is -2.56. The van der Waals surface area contributed by atoms with Gasteiger partial charge in [-0.2, -0.15) is 0 Å². The molecule has 0 bridgehead atoms. The summed E-state index contributed by atoms with van der Waals surface area (Å²) in [4.78, 5) is 42.9. The number of hydrogen-bond donors (Lipinski definition) is 5. The highest BCUT2D eigenvalue weighted by atomic mass is 16.2. The lowest BCUT2D eigenvalue weighted by atomic mass is 10.0. The number of para-hydroxylation sites is 1. The molecule has 1 aliphatic heterocycles. The molecule has 8 nitrogen and oxygen atoms in total. The fourth-order valence-corrected chi connectivity index (χ4v) is 4.79. The first-order valence-electron chi connectivity index (χ1n) is 13.1. The van der Waals surface area contributed by atoms with Crippen molar-refractivity contribution in [1.82, 2.24) is 26.3 Å². The molecule has 1 aromatic heterocycles. The third-order valence-corrected chi connectivity index (χ3v) is 6.76. The number of rotatable bonds is 11. The maximum absolute atomic E-state index is 13.5. The van der Waals surface area contributed by atoms with E-state index in [-0.39, 0.29) is 29.7 Å². The van der Waals surface area contributed by atoms with Gasteiger partial charge in [0.05, 0.1) is 6.04 Å². The van der Waals surface area contributed by atoms with Crippen molar-refractivity contribution in [1.29, 1.82) is 0 Å². The van der Waals surface area contributed by atoms with Gasteiger partial charge in [0, 0.05) is 30.1 Å². The first-order chi connectivity index (χ1) is 17.9. The van der Waals surface area contributed by atoms with Gasteiger partial charge in [-0.15, -0.1) is 0 Å². The van der Waals surface area contributed by atoms with Crippen LogP contribution in [0.5, 0.6) is 0 Å². The molecule has 8 heteroatoms. The highest BCUT2D eigenvalue weighted by Gasteiger charge is 2.30. The quantitative estimate of drug-likeness (QED) is 0.277. The van der Waals surface area contributed by atoms with Gasteiger partial charge in [0.15, 0.2) is 0 Å². The monoisotopic (exact) mass is 503 g/mol. The van der Waals surface area contributed by atoms with E-state index in [4.69, 9.17) is 0 Å². The van der Waals surface area contributed by atoms with E-state index in [9.17, 15) is 14.4 Å². The number of fused-ring (bicyclic) bond motifs is 1. The molecule has 5 N–H and O–H groups in total. The van der Waals surface area contributed by atoms with E-state index < -0.39 is 12.1 Å². The highest BCUT2D eigenvalue weighted by molar-refractivity contribution is 5.93. The zero-order chi connectivity index (χ0) is 26.2. The topological polar surface area (TPSA) is 115 Å². The maximum atomic E-state index is 13.5. The Labute approximate surface area is 218 Å². The van der Waals surface area contributed by atoms with Crippen molar-refractivity contribution >= 4 is 28.6 Å². The van der Waals surface area contributed by atoms with Crippen molar-refractivity contribution in [3.05, 3.63) is 71.9 Å². The Morgan fingerprint density at radius 3 is 2.43 bits per heavy atom. The SMILES string of the molecule is CC(C)C[C@H](NC(=O)[C@@H]1CCCN1)C(=O)N[C@@H](Cc1c[nH]c2ccccc12)C(=O)NCc1ccccc1. The van der Waals surface area contributed by atoms with Crippen LogP contribution in [0.4, 0.5) is 0 Å². The van der Waals surface area contributed by atoms with Crippen LogP contribution in [0.3, 0.4) is 0 Å². The Morgan fingerprint density at radius 1 is 0.946 bits per heavy atom. The van der Waals surface area contributed by atoms with Crippen molar-refractivity contribution in [2.45, 2.75) is 64.2 Å². The molecular weight excluding hydrogens is 466 g/mol. The number of benzene rings is 2. The van der Waals surface area contributed by atoms with Gasteiger partial charge in [-0.25, -0.2) is 0 Å². The van der Waals surface area contributed by atoms with Crippen LogP contribution < -0.4 is 21.3 Å². The van der Waals surface area contributed by atoms with Crippen LogP contribution in [0.2, 0.25) is 0 Å². The van der Waals surface area contributed by atoms with Gasteiger partial charge >= 0.3 is 0 Å². The van der Waals surface area contributed by atoms with Crippen LogP contribution in [0.1, 0.15) is 44.2 Å². The normalized spacial score (nSPS) is 16.9. The van der Waals surface area contributed by atoms with Gasteiger partial charge in [-0.3, -0.25) is 14.4 Å². The average molecular weight is 504 g/mol. The molecule has 0 saturated carbocycles. The molecule has 2 heterocycles. The molecule has 37 heavy (non-hydrogen) atoms. The van der Waals surface area contributed by atoms with Crippen LogP contribution in [0.25, 0.3) is 10.9 Å². The molecule has 4 rings (SSSR count). The standard InChI is InChI=1S/C29H37N5O3/c1-19(2)15-25(33-28(36)24-13-8-14-30-24)29(37)34-26(27(35)32-17-20-9-4-3-5-10-20)16-21-18-31-23-12-7-6-11-22(21)23/h3-7,9-12,18-19,24-26,30-31H,8,13-17H2,1-2H3,(H,32,35)(H,33,36)(H,34,37)/t24-,25-,26-/m0/s1. The molecule has 0 aliphatic carbocycles. The van der Waals surface area contributed by atoms with Crippen LogP contribution in [0, 0.1) is 5.92 Å². The Bertz CT molecular complexity index is 1200. The number of nitrogens with one attached hydrogen (secondary N) is 5. The lowest BCUT2D eigenvalue weighted by Gasteiger charge is -2.25. The minimum atomic E-state index is -0.799. The molecule has 0 spiro atoms. The first kappa shape index (κ1) is 26.4. The second-order valence-corrected chi connectivity index (χ2v) is 10.2. The number of aromatic amines is 1. The van der Waals surface area contributed by atoms with E-state index in [2.05, 4.69) is 26.3 Å². The van der Waals surface area contributed by atoms with E-state index in [1.165, 1.54) is 0 Å². The summed E-state index contributed by atoms with van der Waals surface area (Å²) in [6.07, 6.45) is 4.38. The maximum Gasteiger partial charge on any atom is 0.243 e. The van der Waals surface area contributed by atoms with Crippen LogP contribution >= 0.6 is 0 Å². The minimum Gasteiger partial charge on any atom is -0.361 e. The van der Waals surface area contributed by atoms with Gasteiger partial charge < -0.3 is 26.3 Å². The molecular formula is C29H37N5O3. The van der Waals surface area contributed by atoms with Gasteiger partial charge in [0.2, 0.25) is 17.7 Å². The number of aromatic nitrogens is 1. The number of carbonyl (C=O) groups excluding carboxylic acids is 3. The summed E-state index contributed by atoms with van der Waals surface area (Å²) >= 11 is 0. The zero-order valence-corrected chi connectivity index (χ0v) is 21.6. The Morgan fingerprint density at radius 2 is 1.70 bits per heavy atom. The van der Waals surface area contributed by atoms with Crippen molar-refractivity contribution in [2.75, 3.05) is 6.54 Å². The summed E-state index contributed by atoms with van der Waals surface area (Å²) in [5, 5.41) is 13.0. The third kappa shape index (κ3) is 7.20. The van der Waals surface area contributed by atoms with E-state index in [1.54, 1.807) is 0 Å². The Kier molecular flexibility index (Phi) is 8.95. The number of carbonyl (C=O) groups is 3. The second-order valence-electron chi connectivity index (χ2n) is 10.2. The van der Waals surface area contributed by atoms with Gasteiger partial charge in [0.1, 0.15) is 12.1 Å². The lowest BCUT2D eigenvalue weighted by molar-refractivity contribution is -0.132. The van der Waals surface area contributed by atoms with Crippen LogP contribution in [0.15, 0.2) is 60.8 Å². The summed E-state index contributed by atoms with van der Waals surface area (Å²) < 4.78 is 0. The van der Waals surface area contributed by atoms with Crippen molar-refractivity contribution in [3.8, 4) is 0 Å². The number of hydrogen-bond acceptors (Lipinski definition) is 4. The van der Waals surface area contributed by atoms with Gasteiger partial charge in [-0.1, -0.05) is 62.4 Å². The third-order valence-electron chi connectivity index (χ3n) is 6.76. The van der Waals surface area contributed by atoms with E-state index in [0.29, 0.717) is 19.4 Å². The molecule has 1 saturated heterocycles. The van der Waals surface area contributed by atoms with Gasteiger partial charge in [0.25, 0.3) is 0 Å². The predicted molar refractivity (Wildman–Crippen MR) is 145 cm³/mol. The largest absolute Gasteiger partial charge is 0.361 e. The summed E-state index contributed by atoms with van der Waals surface area (Å²) in [7, 11) is 0. The molecule has 0 radical (unpaired) electrons. The molecule has 0 unspecified atom stereocenters. The van der Waals surface area contributed by atoms with E-state index in [1.807, 2.05) is 74.6 Å². The Balaban J connectivity index is 1.51. The predicted octanol–water partition coefficient (Wildman–Crippen LogP) is 2.79. The molecule has 2 aromatic carbocycles. The molecule has 3 atom stereocenters. The fraction of sp³-hybridized carbons (Fsp3) is 0.414. The van der Waals surface area contributed by atoms with Crippen molar-refractivity contribution in [2.24, 2.45) is 5.92 Å². The van der Waals surface area contributed by atoms with Crippen LogP contribution in [-0.4, -0.2) is 47.4 Å². The average Bonchev–Trinajstić information content (AvgIpc) is 3.58. The highest BCUT2D eigenvalue weighted by Crippen LogP contribution is 2.19. The number of amides is 3. The van der Waals surface area contributed by atoms with Crippen molar-refractivity contribution in [3.63, 3.8) is 0 Å². The molecule has 196 valence electrons. The van der Waals surface area contributed by atoms with E-state index in [0.717, 1.165) is 41.4 Å². The minimum absolute atomic E-state index is 0.167. The summed E-state index contributed by atoms with van der Waals surface area (Å²) in [6.45, 7) is 5.18. The fourth-order valence-electron chi connectivity index (χ4n) is 4.79. The Hall–Kier alpha value is -3.65. The molecule has 3 aromatic rings. The van der Waals surface area contributed by atoms with Crippen LogP contribution in [-0.2, 0) is 27.3 Å². The molecule has 1 fully saturated rings. The molecule has 1 aliphatic rings. The second kappa shape index (κ2) is 12.5. The molecule has 3 amide bonds. The number of H-pyrrole nitrogens is 1. The van der Waals surface area contributed by atoms with Crippen molar-refractivity contribution < 1.29 is 14.4 Å². The first-order valence-corrected chi connectivity index (χ1v) is 13.1.